The van der Waals surface area contributed by atoms with Crippen molar-refractivity contribution in [1.29, 1.82) is 0 Å². The van der Waals surface area contributed by atoms with Crippen LogP contribution in [0.1, 0.15) is 29.8 Å². The Bertz CT molecular complexity index is 627. The largest absolute Gasteiger partial charge is 0.475 e. The number of rotatable bonds is 4. The van der Waals surface area contributed by atoms with Crippen LogP contribution < -0.4 is 0 Å². The highest BCUT2D eigenvalue weighted by atomic mass is 79.9. The summed E-state index contributed by atoms with van der Waals surface area (Å²) in [6, 6.07) is 5.24. The number of aromatic carboxylic acids is 1. The minimum Gasteiger partial charge on any atom is -0.475 e. The lowest BCUT2D eigenvalue weighted by Gasteiger charge is -2.07. The first kappa shape index (κ1) is 14.0. The first-order chi connectivity index (χ1) is 9.02. The number of aromatic nitrogens is 3. The highest BCUT2D eigenvalue weighted by Gasteiger charge is 2.17. The number of benzene rings is 1. The van der Waals surface area contributed by atoms with Crippen LogP contribution in [0.15, 0.2) is 22.7 Å². The number of halogens is 2. The van der Waals surface area contributed by atoms with Crippen molar-refractivity contribution in [2.75, 3.05) is 0 Å². The van der Waals surface area contributed by atoms with Crippen LogP contribution in [0.3, 0.4) is 0 Å². The normalized spacial score (nSPS) is 10.7. The average Bonchev–Trinajstić information content (AvgIpc) is 2.77. The van der Waals surface area contributed by atoms with E-state index < -0.39 is 5.97 Å². The standard InChI is InChI=1S/C12H11BrClN3O2/c1-2-3-10-15-11(12(18)19)16-17(10)9-6-7(14)4-5-8(9)13/h4-6H,2-3H2,1H3,(H,18,19). The summed E-state index contributed by atoms with van der Waals surface area (Å²) in [5, 5.41) is 13.6. The Kier molecular flexibility index (Phi) is 4.21. The topological polar surface area (TPSA) is 68.0 Å². The van der Waals surface area contributed by atoms with Gasteiger partial charge in [-0.05, 0) is 40.5 Å². The molecule has 0 radical (unpaired) electrons. The van der Waals surface area contributed by atoms with Crippen LogP contribution in [-0.2, 0) is 6.42 Å². The Morgan fingerprint density at radius 2 is 2.26 bits per heavy atom. The van der Waals surface area contributed by atoms with Crippen molar-refractivity contribution in [2.24, 2.45) is 0 Å². The molecular formula is C12H11BrClN3O2. The van der Waals surface area contributed by atoms with Crippen LogP contribution >= 0.6 is 27.5 Å². The number of aryl methyl sites for hydroxylation is 1. The molecule has 1 aromatic heterocycles. The van der Waals surface area contributed by atoms with Gasteiger partial charge in [0.15, 0.2) is 0 Å². The van der Waals surface area contributed by atoms with Gasteiger partial charge in [0.05, 0.1) is 5.69 Å². The van der Waals surface area contributed by atoms with Crippen LogP contribution in [0.5, 0.6) is 0 Å². The van der Waals surface area contributed by atoms with Crippen molar-refractivity contribution in [2.45, 2.75) is 19.8 Å². The monoisotopic (exact) mass is 343 g/mol. The summed E-state index contributed by atoms with van der Waals surface area (Å²) < 4.78 is 2.29. The molecule has 5 nitrogen and oxygen atoms in total. The number of hydrogen-bond donors (Lipinski definition) is 1. The van der Waals surface area contributed by atoms with Crippen molar-refractivity contribution in [3.63, 3.8) is 0 Å². The minimum absolute atomic E-state index is 0.213. The third-order valence-electron chi connectivity index (χ3n) is 2.48. The summed E-state index contributed by atoms with van der Waals surface area (Å²) in [6.07, 6.45) is 1.48. The second-order valence-electron chi connectivity index (χ2n) is 3.91. The molecule has 2 aromatic rings. The number of hydrogen-bond acceptors (Lipinski definition) is 3. The lowest BCUT2D eigenvalue weighted by molar-refractivity contribution is 0.0683. The summed E-state index contributed by atoms with van der Waals surface area (Å²) in [5.74, 6) is -0.757. The van der Waals surface area contributed by atoms with E-state index in [2.05, 4.69) is 26.0 Å². The summed E-state index contributed by atoms with van der Waals surface area (Å²) >= 11 is 9.37. The first-order valence-electron chi connectivity index (χ1n) is 5.67. The van der Waals surface area contributed by atoms with Crippen molar-refractivity contribution in [1.82, 2.24) is 14.8 Å². The Balaban J connectivity index is 2.59. The highest BCUT2D eigenvalue weighted by molar-refractivity contribution is 9.10. The third-order valence-corrected chi connectivity index (χ3v) is 3.38. The highest BCUT2D eigenvalue weighted by Crippen LogP contribution is 2.25. The zero-order valence-corrected chi connectivity index (χ0v) is 12.4. The number of nitrogens with zero attached hydrogens (tertiary/aromatic N) is 3. The van der Waals surface area contributed by atoms with E-state index in [0.29, 0.717) is 23.0 Å². The van der Waals surface area contributed by atoms with Gasteiger partial charge in [0, 0.05) is 15.9 Å². The molecule has 1 aromatic carbocycles. The van der Waals surface area contributed by atoms with E-state index in [1.54, 1.807) is 18.2 Å². The van der Waals surface area contributed by atoms with Crippen LogP contribution in [0.4, 0.5) is 0 Å². The van der Waals surface area contributed by atoms with Crippen molar-refractivity contribution < 1.29 is 9.90 Å². The fourth-order valence-corrected chi connectivity index (χ4v) is 2.24. The van der Waals surface area contributed by atoms with Gasteiger partial charge in [-0.15, -0.1) is 5.10 Å². The second kappa shape index (κ2) is 5.71. The van der Waals surface area contributed by atoms with Crippen LogP contribution in [0.25, 0.3) is 5.69 Å². The number of carboxylic acids is 1. The molecule has 0 aliphatic rings. The summed E-state index contributed by atoms with van der Waals surface area (Å²) in [6.45, 7) is 1.99. The van der Waals surface area contributed by atoms with Gasteiger partial charge >= 0.3 is 5.97 Å². The molecule has 0 saturated carbocycles. The van der Waals surface area contributed by atoms with E-state index in [-0.39, 0.29) is 5.82 Å². The summed E-state index contributed by atoms with van der Waals surface area (Å²) in [5.41, 5.74) is 0.677. The smallest absolute Gasteiger partial charge is 0.375 e. The van der Waals surface area contributed by atoms with E-state index in [1.807, 2.05) is 6.92 Å². The van der Waals surface area contributed by atoms with E-state index in [0.717, 1.165) is 10.9 Å². The van der Waals surface area contributed by atoms with E-state index >= 15 is 0 Å². The number of carboxylic acid groups (broad SMARTS) is 1. The predicted octanol–water partition coefficient (Wildman–Crippen LogP) is 3.33. The Morgan fingerprint density at radius 1 is 1.53 bits per heavy atom. The zero-order chi connectivity index (χ0) is 14.0. The van der Waals surface area contributed by atoms with Crippen LogP contribution in [0.2, 0.25) is 5.02 Å². The SMILES string of the molecule is CCCc1nc(C(=O)O)nn1-c1cc(Cl)ccc1Br. The summed E-state index contributed by atoms with van der Waals surface area (Å²) in [7, 11) is 0. The van der Waals surface area contributed by atoms with Gasteiger partial charge in [0.1, 0.15) is 5.82 Å². The minimum atomic E-state index is -1.14. The molecule has 0 atom stereocenters. The van der Waals surface area contributed by atoms with Gasteiger partial charge in [-0.1, -0.05) is 18.5 Å². The molecule has 0 amide bonds. The third kappa shape index (κ3) is 2.96. The molecular weight excluding hydrogens is 334 g/mol. The lowest BCUT2D eigenvalue weighted by atomic mass is 10.3. The fourth-order valence-electron chi connectivity index (χ4n) is 1.66. The molecule has 0 spiro atoms. The van der Waals surface area contributed by atoms with Gasteiger partial charge < -0.3 is 5.11 Å². The van der Waals surface area contributed by atoms with E-state index in [1.165, 1.54) is 4.68 Å². The molecule has 7 heteroatoms. The number of carbonyl (C=O) groups is 1. The Labute approximate surface area is 123 Å². The van der Waals surface area contributed by atoms with Crippen LogP contribution in [-0.4, -0.2) is 25.8 Å². The molecule has 1 N–H and O–H groups in total. The van der Waals surface area contributed by atoms with Gasteiger partial charge in [-0.3, -0.25) is 0 Å². The molecule has 19 heavy (non-hydrogen) atoms. The van der Waals surface area contributed by atoms with Crippen molar-refractivity contribution in [3.05, 3.63) is 39.3 Å². The first-order valence-corrected chi connectivity index (χ1v) is 6.84. The Hall–Kier alpha value is -1.40. The molecule has 2 rings (SSSR count). The van der Waals surface area contributed by atoms with E-state index in [4.69, 9.17) is 16.7 Å². The second-order valence-corrected chi connectivity index (χ2v) is 5.21. The lowest BCUT2D eigenvalue weighted by Crippen LogP contribution is -2.04. The van der Waals surface area contributed by atoms with Gasteiger partial charge in [-0.2, -0.15) is 0 Å². The van der Waals surface area contributed by atoms with Crippen molar-refractivity contribution >= 4 is 33.5 Å². The zero-order valence-electron chi connectivity index (χ0n) is 10.1. The molecule has 0 fully saturated rings. The maximum Gasteiger partial charge on any atom is 0.375 e. The quantitative estimate of drug-likeness (QED) is 0.923. The van der Waals surface area contributed by atoms with Gasteiger partial charge in [-0.25, -0.2) is 14.5 Å². The Morgan fingerprint density at radius 3 is 2.89 bits per heavy atom. The van der Waals surface area contributed by atoms with Gasteiger partial charge in [0.25, 0.3) is 5.82 Å². The van der Waals surface area contributed by atoms with Gasteiger partial charge in [0.2, 0.25) is 0 Å². The predicted molar refractivity (Wildman–Crippen MR) is 75.0 cm³/mol. The fraction of sp³-hybridized carbons (Fsp3) is 0.250. The maximum atomic E-state index is 11.0. The molecule has 1 heterocycles. The average molecular weight is 345 g/mol. The maximum absolute atomic E-state index is 11.0. The molecule has 0 bridgehead atoms. The molecule has 0 saturated heterocycles. The summed E-state index contributed by atoms with van der Waals surface area (Å²) in [4.78, 5) is 15.0. The molecule has 0 unspecified atom stereocenters. The molecule has 0 aliphatic heterocycles. The molecule has 0 aliphatic carbocycles. The van der Waals surface area contributed by atoms with E-state index in [9.17, 15) is 4.79 Å². The van der Waals surface area contributed by atoms with Crippen LogP contribution in [0, 0.1) is 0 Å². The molecule has 100 valence electrons. The van der Waals surface area contributed by atoms with Crippen molar-refractivity contribution in [3.8, 4) is 5.69 Å².